The number of alkyl halides is 1. The lowest BCUT2D eigenvalue weighted by molar-refractivity contribution is 0.109. The standard InChI is InChI=1S/C25H29FN4O5S/c1-2-34-17-18-35-23-22(19-27-30(25(23)31)21-11-7-4-8-12-21)28-13-15-29(16-14-28)36(32,33)24(26)20-9-5-3-6-10-20/h3-12,19,24H,2,13-18H2,1H3. The molecule has 0 saturated carbocycles. The van der Waals surface area contributed by atoms with Crippen molar-refractivity contribution >= 4 is 15.7 Å². The Morgan fingerprint density at radius 3 is 2.25 bits per heavy atom. The molecule has 1 saturated heterocycles. The molecule has 0 N–H and O–H groups in total. The SMILES string of the molecule is CCOCCOc1c(N2CCN(S(=O)(=O)C(F)c3ccccc3)CC2)cnn(-c2ccccc2)c1=O. The van der Waals surface area contributed by atoms with Crippen LogP contribution in [0.2, 0.25) is 0 Å². The second kappa shape index (κ2) is 11.6. The number of halogens is 1. The van der Waals surface area contributed by atoms with Crippen LogP contribution in [0.5, 0.6) is 5.75 Å². The van der Waals surface area contributed by atoms with Crippen LogP contribution in [0, 0.1) is 0 Å². The summed E-state index contributed by atoms with van der Waals surface area (Å²) in [6.45, 7) is 3.50. The highest BCUT2D eigenvalue weighted by atomic mass is 32.2. The summed E-state index contributed by atoms with van der Waals surface area (Å²) >= 11 is 0. The summed E-state index contributed by atoms with van der Waals surface area (Å²) in [4.78, 5) is 15.2. The molecule has 1 aliphatic rings. The van der Waals surface area contributed by atoms with E-state index in [-0.39, 0.29) is 44.1 Å². The first-order valence-electron chi connectivity index (χ1n) is 11.7. The number of piperazine rings is 1. The van der Waals surface area contributed by atoms with E-state index in [2.05, 4.69) is 5.10 Å². The van der Waals surface area contributed by atoms with Crippen molar-refractivity contribution in [2.24, 2.45) is 0 Å². The third-order valence-corrected chi connectivity index (χ3v) is 7.74. The number of nitrogens with zero attached hydrogens (tertiary/aromatic N) is 4. The molecule has 0 bridgehead atoms. The molecule has 0 aliphatic carbocycles. The normalized spacial score (nSPS) is 15.6. The minimum atomic E-state index is -4.19. The van der Waals surface area contributed by atoms with Crippen LogP contribution in [0.15, 0.2) is 71.7 Å². The molecule has 3 aromatic rings. The van der Waals surface area contributed by atoms with Gasteiger partial charge in [-0.2, -0.15) is 14.1 Å². The zero-order valence-corrected chi connectivity index (χ0v) is 20.8. The van der Waals surface area contributed by atoms with Gasteiger partial charge in [0, 0.05) is 38.3 Å². The number of hydrogen-bond acceptors (Lipinski definition) is 7. The van der Waals surface area contributed by atoms with Gasteiger partial charge in [0.25, 0.3) is 10.0 Å². The van der Waals surface area contributed by atoms with E-state index in [1.54, 1.807) is 42.5 Å². The Morgan fingerprint density at radius 2 is 1.61 bits per heavy atom. The van der Waals surface area contributed by atoms with Gasteiger partial charge < -0.3 is 14.4 Å². The molecule has 2 aromatic carbocycles. The molecular weight excluding hydrogens is 487 g/mol. The van der Waals surface area contributed by atoms with Crippen LogP contribution < -0.4 is 15.2 Å². The van der Waals surface area contributed by atoms with Crippen LogP contribution in [-0.4, -0.2) is 68.5 Å². The van der Waals surface area contributed by atoms with Gasteiger partial charge in [-0.1, -0.05) is 48.5 Å². The monoisotopic (exact) mass is 516 g/mol. The van der Waals surface area contributed by atoms with E-state index in [9.17, 15) is 17.6 Å². The molecule has 0 amide bonds. The quantitative estimate of drug-likeness (QED) is 0.383. The van der Waals surface area contributed by atoms with Crippen molar-refractivity contribution in [3.8, 4) is 11.4 Å². The van der Waals surface area contributed by atoms with Crippen molar-refractivity contribution in [3.05, 3.63) is 82.8 Å². The van der Waals surface area contributed by atoms with E-state index < -0.39 is 21.1 Å². The molecule has 1 atom stereocenters. The van der Waals surface area contributed by atoms with Gasteiger partial charge in [0.1, 0.15) is 12.3 Å². The molecule has 1 aliphatic heterocycles. The lowest BCUT2D eigenvalue weighted by atomic mass is 10.2. The van der Waals surface area contributed by atoms with Gasteiger partial charge in [-0.05, 0) is 19.1 Å². The summed E-state index contributed by atoms with van der Waals surface area (Å²) in [7, 11) is -4.19. The average Bonchev–Trinajstić information content (AvgIpc) is 2.92. The number of anilines is 1. The van der Waals surface area contributed by atoms with Gasteiger partial charge in [-0.3, -0.25) is 4.79 Å². The Hall–Kier alpha value is -3.28. The Labute approximate surface area is 209 Å². The second-order valence-corrected chi connectivity index (χ2v) is 10.1. The number of aromatic nitrogens is 2. The molecule has 192 valence electrons. The number of hydrogen-bond donors (Lipinski definition) is 0. The number of para-hydroxylation sites is 1. The summed E-state index contributed by atoms with van der Waals surface area (Å²) in [5.74, 6) is 0.109. The van der Waals surface area contributed by atoms with E-state index in [0.717, 1.165) is 4.31 Å². The highest BCUT2D eigenvalue weighted by Crippen LogP contribution is 2.30. The van der Waals surface area contributed by atoms with Gasteiger partial charge in [0.2, 0.25) is 11.3 Å². The first-order chi connectivity index (χ1) is 17.4. The van der Waals surface area contributed by atoms with Crippen molar-refractivity contribution in [1.29, 1.82) is 0 Å². The lowest BCUT2D eigenvalue weighted by Crippen LogP contribution is -2.50. The lowest BCUT2D eigenvalue weighted by Gasteiger charge is -2.36. The highest BCUT2D eigenvalue weighted by Gasteiger charge is 2.36. The predicted molar refractivity (Wildman–Crippen MR) is 135 cm³/mol. The average molecular weight is 517 g/mol. The van der Waals surface area contributed by atoms with Gasteiger partial charge in [0.15, 0.2) is 0 Å². The number of ether oxygens (including phenoxy) is 2. The van der Waals surface area contributed by atoms with E-state index in [0.29, 0.717) is 24.6 Å². The minimum Gasteiger partial charge on any atom is -0.484 e. The van der Waals surface area contributed by atoms with E-state index >= 15 is 0 Å². The maximum Gasteiger partial charge on any atom is 0.316 e. The van der Waals surface area contributed by atoms with Crippen molar-refractivity contribution in [2.45, 2.75) is 12.4 Å². The largest absolute Gasteiger partial charge is 0.484 e. The van der Waals surface area contributed by atoms with E-state index in [4.69, 9.17) is 9.47 Å². The van der Waals surface area contributed by atoms with Gasteiger partial charge >= 0.3 is 5.56 Å². The van der Waals surface area contributed by atoms with Gasteiger partial charge in [0.05, 0.1) is 18.5 Å². The van der Waals surface area contributed by atoms with Crippen LogP contribution in [-0.2, 0) is 14.8 Å². The molecular formula is C25H29FN4O5S. The zero-order chi connectivity index (χ0) is 25.5. The highest BCUT2D eigenvalue weighted by molar-refractivity contribution is 7.89. The predicted octanol–water partition coefficient (Wildman–Crippen LogP) is 2.77. The third-order valence-electron chi connectivity index (χ3n) is 5.86. The van der Waals surface area contributed by atoms with Crippen LogP contribution in [0.1, 0.15) is 18.0 Å². The Bertz CT molecular complexity index is 1300. The number of sulfonamides is 1. The number of benzene rings is 2. The van der Waals surface area contributed by atoms with Crippen LogP contribution in [0.4, 0.5) is 10.1 Å². The molecule has 36 heavy (non-hydrogen) atoms. The molecule has 0 spiro atoms. The van der Waals surface area contributed by atoms with E-state index in [1.165, 1.54) is 23.0 Å². The molecule has 1 unspecified atom stereocenters. The molecule has 0 radical (unpaired) electrons. The Morgan fingerprint density at radius 1 is 0.972 bits per heavy atom. The molecule has 1 fully saturated rings. The summed E-state index contributed by atoms with van der Waals surface area (Å²) in [5, 5.41) is 4.32. The molecule has 4 rings (SSSR count). The van der Waals surface area contributed by atoms with Crippen molar-refractivity contribution < 1.29 is 22.3 Å². The van der Waals surface area contributed by atoms with Crippen molar-refractivity contribution in [2.75, 3.05) is 50.9 Å². The maximum atomic E-state index is 14.9. The summed E-state index contributed by atoms with van der Waals surface area (Å²) in [5.41, 5.74) is -1.42. The second-order valence-electron chi connectivity index (χ2n) is 8.11. The summed E-state index contributed by atoms with van der Waals surface area (Å²) in [6, 6.07) is 16.8. The molecule has 11 heteroatoms. The van der Waals surface area contributed by atoms with E-state index in [1.807, 2.05) is 17.9 Å². The molecule has 1 aromatic heterocycles. The fraction of sp³-hybridized carbons (Fsp3) is 0.360. The van der Waals surface area contributed by atoms with Crippen LogP contribution in [0.25, 0.3) is 5.69 Å². The summed E-state index contributed by atoms with van der Waals surface area (Å²) in [6.07, 6.45) is 1.54. The van der Waals surface area contributed by atoms with Crippen LogP contribution >= 0.6 is 0 Å². The first kappa shape index (κ1) is 25.8. The first-order valence-corrected chi connectivity index (χ1v) is 13.2. The molecule has 9 nitrogen and oxygen atoms in total. The molecule has 2 heterocycles. The van der Waals surface area contributed by atoms with Crippen molar-refractivity contribution in [1.82, 2.24) is 14.1 Å². The third kappa shape index (κ3) is 5.58. The van der Waals surface area contributed by atoms with Crippen LogP contribution in [0.3, 0.4) is 0 Å². The smallest absolute Gasteiger partial charge is 0.316 e. The maximum absolute atomic E-state index is 14.9. The van der Waals surface area contributed by atoms with Gasteiger partial charge in [-0.15, -0.1) is 0 Å². The topological polar surface area (TPSA) is 94.0 Å². The Balaban J connectivity index is 1.55. The van der Waals surface area contributed by atoms with Crippen molar-refractivity contribution in [3.63, 3.8) is 0 Å². The number of rotatable bonds is 10. The fourth-order valence-electron chi connectivity index (χ4n) is 3.98. The fourth-order valence-corrected chi connectivity index (χ4v) is 5.42. The summed E-state index contributed by atoms with van der Waals surface area (Å²) < 4.78 is 54.3. The minimum absolute atomic E-state index is 0.0652. The Kier molecular flexibility index (Phi) is 8.34. The van der Waals surface area contributed by atoms with Gasteiger partial charge in [-0.25, -0.2) is 12.8 Å². The zero-order valence-electron chi connectivity index (χ0n) is 20.0.